The molecule has 0 saturated heterocycles. The lowest BCUT2D eigenvalue weighted by molar-refractivity contribution is -0.119. The Bertz CT molecular complexity index is 529. The van der Waals surface area contributed by atoms with Gasteiger partial charge in [-0.3, -0.25) is 4.79 Å². The highest BCUT2D eigenvalue weighted by atomic mass is 19.1. The number of aliphatic imine (C=N–C) groups is 1. The highest BCUT2D eigenvalue weighted by Gasteiger charge is 2.21. The SMILES string of the molecule is NC(=NCC(=O)NCC1CC1)Nc1cc(F)ccc1F. The summed E-state index contributed by atoms with van der Waals surface area (Å²) in [5.74, 6) is -1.05. The molecule has 1 aromatic carbocycles. The highest BCUT2D eigenvalue weighted by Crippen LogP contribution is 2.27. The van der Waals surface area contributed by atoms with E-state index in [1.165, 1.54) is 0 Å². The summed E-state index contributed by atoms with van der Waals surface area (Å²) in [5, 5.41) is 5.14. The van der Waals surface area contributed by atoms with Crippen molar-refractivity contribution in [2.75, 3.05) is 18.4 Å². The number of anilines is 1. The van der Waals surface area contributed by atoms with Crippen LogP contribution in [0.2, 0.25) is 0 Å². The number of hydrogen-bond acceptors (Lipinski definition) is 2. The molecule has 1 aliphatic carbocycles. The van der Waals surface area contributed by atoms with Crippen molar-refractivity contribution in [3.05, 3.63) is 29.8 Å². The van der Waals surface area contributed by atoms with Gasteiger partial charge < -0.3 is 16.4 Å². The van der Waals surface area contributed by atoms with E-state index in [1.54, 1.807) is 0 Å². The third kappa shape index (κ3) is 4.49. The zero-order valence-corrected chi connectivity index (χ0v) is 10.8. The third-order valence-corrected chi connectivity index (χ3v) is 2.87. The molecule has 0 unspecified atom stereocenters. The number of nitrogens with zero attached hydrogens (tertiary/aromatic N) is 1. The first-order chi connectivity index (χ1) is 9.54. The second kappa shape index (κ2) is 6.31. The number of nitrogens with one attached hydrogen (secondary N) is 2. The van der Waals surface area contributed by atoms with E-state index in [9.17, 15) is 13.6 Å². The molecular formula is C13H16F2N4O. The summed E-state index contributed by atoms with van der Waals surface area (Å²) in [6.45, 7) is 0.503. The van der Waals surface area contributed by atoms with Crippen LogP contribution in [0.4, 0.5) is 14.5 Å². The van der Waals surface area contributed by atoms with E-state index in [0.29, 0.717) is 12.5 Å². The van der Waals surface area contributed by atoms with E-state index in [4.69, 9.17) is 5.73 Å². The molecular weight excluding hydrogens is 266 g/mol. The molecule has 1 saturated carbocycles. The van der Waals surface area contributed by atoms with Crippen molar-refractivity contribution in [3.63, 3.8) is 0 Å². The molecule has 2 rings (SSSR count). The van der Waals surface area contributed by atoms with Crippen LogP contribution in [0.15, 0.2) is 23.2 Å². The van der Waals surface area contributed by atoms with Crippen molar-refractivity contribution in [1.82, 2.24) is 5.32 Å². The molecule has 0 spiro atoms. The average Bonchev–Trinajstić information content (AvgIpc) is 3.22. The quantitative estimate of drug-likeness (QED) is 0.561. The fourth-order valence-corrected chi connectivity index (χ4v) is 1.56. The summed E-state index contributed by atoms with van der Waals surface area (Å²) < 4.78 is 26.3. The molecule has 0 radical (unpaired) electrons. The summed E-state index contributed by atoms with van der Waals surface area (Å²) in [7, 11) is 0. The number of rotatable bonds is 5. The Kier molecular flexibility index (Phi) is 4.49. The van der Waals surface area contributed by atoms with Crippen molar-refractivity contribution in [1.29, 1.82) is 0 Å². The van der Waals surface area contributed by atoms with Crippen molar-refractivity contribution in [2.24, 2.45) is 16.6 Å². The van der Waals surface area contributed by atoms with E-state index in [1.807, 2.05) is 0 Å². The Balaban J connectivity index is 1.83. The first-order valence-electron chi connectivity index (χ1n) is 6.33. The van der Waals surface area contributed by atoms with Gasteiger partial charge in [-0.15, -0.1) is 0 Å². The van der Waals surface area contributed by atoms with Gasteiger partial charge >= 0.3 is 0 Å². The maximum atomic E-state index is 13.3. The van der Waals surface area contributed by atoms with E-state index in [0.717, 1.165) is 31.0 Å². The molecule has 20 heavy (non-hydrogen) atoms. The van der Waals surface area contributed by atoms with Crippen molar-refractivity contribution < 1.29 is 13.6 Å². The van der Waals surface area contributed by atoms with Crippen molar-refractivity contribution in [3.8, 4) is 0 Å². The molecule has 5 nitrogen and oxygen atoms in total. The highest BCUT2D eigenvalue weighted by molar-refractivity contribution is 5.93. The summed E-state index contributed by atoms with van der Waals surface area (Å²) in [6, 6.07) is 2.94. The van der Waals surface area contributed by atoms with Gasteiger partial charge in [0.1, 0.15) is 18.2 Å². The van der Waals surface area contributed by atoms with Crippen LogP contribution in [0, 0.1) is 17.6 Å². The number of nitrogens with two attached hydrogens (primary N) is 1. The van der Waals surface area contributed by atoms with Gasteiger partial charge in [-0.05, 0) is 30.9 Å². The Hall–Kier alpha value is -2.18. The van der Waals surface area contributed by atoms with Crippen molar-refractivity contribution in [2.45, 2.75) is 12.8 Å². The smallest absolute Gasteiger partial charge is 0.241 e. The lowest BCUT2D eigenvalue weighted by Gasteiger charge is -2.07. The number of benzene rings is 1. The zero-order valence-electron chi connectivity index (χ0n) is 10.8. The molecule has 1 aliphatic rings. The van der Waals surface area contributed by atoms with Gasteiger partial charge in [-0.1, -0.05) is 0 Å². The maximum Gasteiger partial charge on any atom is 0.241 e. The van der Waals surface area contributed by atoms with E-state index in [2.05, 4.69) is 15.6 Å². The lowest BCUT2D eigenvalue weighted by Crippen LogP contribution is -2.30. The monoisotopic (exact) mass is 282 g/mol. The standard InChI is InChI=1S/C13H16F2N4O/c14-9-3-4-10(15)11(5-9)19-13(16)18-7-12(20)17-6-8-1-2-8/h3-5,8H,1-2,6-7H2,(H,17,20)(H3,16,18,19). The first-order valence-corrected chi connectivity index (χ1v) is 6.33. The number of amides is 1. The van der Waals surface area contributed by atoms with Crippen LogP contribution >= 0.6 is 0 Å². The van der Waals surface area contributed by atoms with Gasteiger partial charge in [0.05, 0.1) is 5.69 Å². The van der Waals surface area contributed by atoms with E-state index >= 15 is 0 Å². The van der Waals surface area contributed by atoms with Crippen LogP contribution in [0.1, 0.15) is 12.8 Å². The normalized spacial score (nSPS) is 15.0. The number of carbonyl (C=O) groups is 1. The molecule has 1 aromatic rings. The van der Waals surface area contributed by atoms with Gasteiger partial charge in [0, 0.05) is 12.6 Å². The minimum absolute atomic E-state index is 0.121. The first kappa shape index (κ1) is 14.2. The van der Waals surface area contributed by atoms with Crippen LogP contribution in [-0.4, -0.2) is 25.0 Å². The summed E-state index contributed by atoms with van der Waals surface area (Å²) >= 11 is 0. The molecule has 0 aliphatic heterocycles. The number of guanidine groups is 1. The minimum Gasteiger partial charge on any atom is -0.370 e. The van der Waals surface area contributed by atoms with Gasteiger partial charge in [-0.25, -0.2) is 13.8 Å². The number of hydrogen-bond donors (Lipinski definition) is 3. The van der Waals surface area contributed by atoms with Gasteiger partial charge in [0.25, 0.3) is 0 Å². The summed E-state index contributed by atoms with van der Waals surface area (Å²) in [4.78, 5) is 15.2. The molecule has 0 atom stereocenters. The summed E-state index contributed by atoms with van der Waals surface area (Å²) in [5.41, 5.74) is 5.39. The van der Waals surface area contributed by atoms with Crippen molar-refractivity contribution >= 4 is 17.6 Å². The number of carbonyl (C=O) groups excluding carboxylic acids is 1. The largest absolute Gasteiger partial charge is 0.370 e. The minimum atomic E-state index is -0.650. The van der Waals surface area contributed by atoms with Crippen LogP contribution in [0.25, 0.3) is 0 Å². The average molecular weight is 282 g/mol. The summed E-state index contributed by atoms with van der Waals surface area (Å²) in [6.07, 6.45) is 2.29. The fourth-order valence-electron chi connectivity index (χ4n) is 1.56. The van der Waals surface area contributed by atoms with Gasteiger partial charge in [0.2, 0.25) is 5.91 Å². The van der Waals surface area contributed by atoms with Crippen LogP contribution < -0.4 is 16.4 Å². The maximum absolute atomic E-state index is 13.3. The second-order valence-electron chi connectivity index (χ2n) is 4.70. The lowest BCUT2D eigenvalue weighted by atomic mass is 10.3. The number of halogens is 2. The molecule has 108 valence electrons. The predicted octanol–water partition coefficient (Wildman–Crippen LogP) is 1.22. The zero-order chi connectivity index (χ0) is 14.5. The third-order valence-electron chi connectivity index (χ3n) is 2.87. The van der Waals surface area contributed by atoms with Gasteiger partial charge in [-0.2, -0.15) is 0 Å². The van der Waals surface area contributed by atoms with E-state index < -0.39 is 11.6 Å². The molecule has 1 amide bonds. The fraction of sp³-hybridized carbons (Fsp3) is 0.385. The molecule has 0 aromatic heterocycles. The molecule has 0 bridgehead atoms. The second-order valence-corrected chi connectivity index (χ2v) is 4.70. The molecule has 0 heterocycles. The van der Waals surface area contributed by atoms with Gasteiger partial charge in [0.15, 0.2) is 5.96 Å². The topological polar surface area (TPSA) is 79.5 Å². The Morgan fingerprint density at radius 2 is 2.15 bits per heavy atom. The predicted molar refractivity (Wildman–Crippen MR) is 72.2 cm³/mol. The Morgan fingerprint density at radius 3 is 2.85 bits per heavy atom. The molecule has 1 fully saturated rings. The Labute approximate surface area is 115 Å². The van der Waals surface area contributed by atoms with E-state index in [-0.39, 0.29) is 24.1 Å². The molecule has 4 N–H and O–H groups in total. The van der Waals surface area contributed by atoms with Crippen LogP contribution in [-0.2, 0) is 4.79 Å². The Morgan fingerprint density at radius 1 is 1.40 bits per heavy atom. The van der Waals surface area contributed by atoms with Crippen LogP contribution in [0.3, 0.4) is 0 Å². The molecule has 7 heteroatoms. The van der Waals surface area contributed by atoms with Crippen LogP contribution in [0.5, 0.6) is 0 Å².